The van der Waals surface area contributed by atoms with Gasteiger partial charge in [-0.05, 0) is 66.8 Å². The van der Waals surface area contributed by atoms with Gasteiger partial charge in [0.05, 0.1) is 12.7 Å². The molecule has 6 nitrogen and oxygen atoms in total. The van der Waals surface area contributed by atoms with Crippen LogP contribution in [0.15, 0.2) is 36.4 Å². The predicted octanol–water partition coefficient (Wildman–Crippen LogP) is 5.36. The first-order valence-electron chi connectivity index (χ1n) is 11.9. The van der Waals surface area contributed by atoms with Crippen molar-refractivity contribution in [1.29, 1.82) is 0 Å². The van der Waals surface area contributed by atoms with Crippen molar-refractivity contribution >= 4 is 29.6 Å². The van der Waals surface area contributed by atoms with Crippen LogP contribution in [-0.4, -0.2) is 62.0 Å². The van der Waals surface area contributed by atoms with E-state index in [1.165, 1.54) is 37.3 Å². The third-order valence-corrected chi connectivity index (χ3v) is 7.79. The number of benzene rings is 1. The lowest BCUT2D eigenvalue weighted by molar-refractivity contribution is -0.172. The Morgan fingerprint density at radius 2 is 1.97 bits per heavy atom. The van der Waals surface area contributed by atoms with Crippen molar-refractivity contribution in [2.75, 3.05) is 38.7 Å². The molecule has 36 heavy (non-hydrogen) atoms. The minimum absolute atomic E-state index is 0.119. The number of aldehydes is 1. The molecule has 1 aromatic carbocycles. The number of alkyl halides is 3. The summed E-state index contributed by atoms with van der Waals surface area (Å²) in [6, 6.07) is 9.04. The molecule has 1 aliphatic heterocycles. The molecule has 1 unspecified atom stereocenters. The quantitative estimate of drug-likeness (QED) is 0.361. The lowest BCUT2D eigenvalue weighted by Gasteiger charge is -2.53. The maximum Gasteiger partial charge on any atom is 0.404 e. The van der Waals surface area contributed by atoms with Crippen LogP contribution in [0.4, 0.5) is 19.0 Å². The smallest absolute Gasteiger partial charge is 0.404 e. The number of carbonyl (C=O) groups is 2. The lowest BCUT2D eigenvalue weighted by atomic mass is 9.57. The first-order valence-corrected chi connectivity index (χ1v) is 12.3. The Hall–Kier alpha value is -2.81. The number of hydrogen-bond donors (Lipinski definition) is 0. The average molecular weight is 524 g/mol. The lowest BCUT2D eigenvalue weighted by Crippen LogP contribution is -2.50. The molecule has 1 spiro atoms. The molecule has 0 N–H and O–H groups in total. The van der Waals surface area contributed by atoms with E-state index >= 15 is 0 Å². The zero-order valence-electron chi connectivity index (χ0n) is 20.2. The summed E-state index contributed by atoms with van der Waals surface area (Å²) in [5, 5.41) is 0.185. The molecule has 10 heteroatoms. The molecule has 2 aliphatic rings. The van der Waals surface area contributed by atoms with Gasteiger partial charge in [0.2, 0.25) is 5.91 Å². The summed E-state index contributed by atoms with van der Waals surface area (Å²) >= 11 is 6.06. The van der Waals surface area contributed by atoms with E-state index in [-0.39, 0.29) is 27.8 Å². The molecule has 194 valence electrons. The fourth-order valence-corrected chi connectivity index (χ4v) is 5.80. The topological polar surface area (TPSA) is 62.7 Å². The standard InChI is InChI=1S/C26H29ClF3N3O3/c1-32(24(35)22(26(28,29)30)18-4-3-5-20(12-18)36-2)15-17-13-25(14-17)8-10-33(11-9-25)21-7-6-19(16-34)23(27)31-21/h3-7,12,16-17,22H,8-11,13-15H2,1-2H3. The maximum absolute atomic E-state index is 13.9. The van der Waals surface area contributed by atoms with Crippen LogP contribution >= 0.6 is 11.6 Å². The van der Waals surface area contributed by atoms with E-state index in [0.29, 0.717) is 18.4 Å². The largest absolute Gasteiger partial charge is 0.497 e. The van der Waals surface area contributed by atoms with Crippen molar-refractivity contribution < 1.29 is 27.5 Å². The summed E-state index contributed by atoms with van der Waals surface area (Å²) in [4.78, 5) is 31.6. The van der Waals surface area contributed by atoms with Gasteiger partial charge in [-0.25, -0.2) is 4.98 Å². The number of hydrogen-bond acceptors (Lipinski definition) is 5. The number of halogens is 4. The van der Waals surface area contributed by atoms with Gasteiger partial charge in [0.15, 0.2) is 12.2 Å². The monoisotopic (exact) mass is 523 g/mol. The number of rotatable bonds is 7. The minimum atomic E-state index is -4.70. The second kappa shape index (κ2) is 10.3. The molecule has 0 radical (unpaired) electrons. The third-order valence-electron chi connectivity index (χ3n) is 7.49. The number of carbonyl (C=O) groups excluding carboxylic acids is 2. The maximum atomic E-state index is 13.9. The van der Waals surface area contributed by atoms with Gasteiger partial charge in [-0.15, -0.1) is 0 Å². The van der Waals surface area contributed by atoms with Crippen LogP contribution in [0.25, 0.3) is 0 Å². The highest BCUT2D eigenvalue weighted by atomic mass is 35.5. The van der Waals surface area contributed by atoms with Crippen LogP contribution in [0.3, 0.4) is 0 Å². The number of nitrogens with zero attached hydrogens (tertiary/aromatic N) is 3. The normalized spacial score (nSPS) is 18.4. The van der Waals surface area contributed by atoms with Gasteiger partial charge < -0.3 is 14.5 Å². The Morgan fingerprint density at radius 3 is 2.56 bits per heavy atom. The predicted molar refractivity (Wildman–Crippen MR) is 131 cm³/mol. The highest BCUT2D eigenvalue weighted by Crippen LogP contribution is 2.53. The van der Waals surface area contributed by atoms with Crippen LogP contribution in [0.2, 0.25) is 5.15 Å². The zero-order valence-corrected chi connectivity index (χ0v) is 21.0. The summed E-state index contributed by atoms with van der Waals surface area (Å²) in [7, 11) is 2.83. The van der Waals surface area contributed by atoms with Crippen LogP contribution in [0.5, 0.6) is 5.75 Å². The Bertz CT molecular complexity index is 1110. The molecule has 1 aliphatic carbocycles. The van der Waals surface area contributed by atoms with E-state index in [9.17, 15) is 22.8 Å². The van der Waals surface area contributed by atoms with Crippen LogP contribution in [0, 0.1) is 11.3 Å². The molecule has 1 saturated heterocycles. The Kier molecular flexibility index (Phi) is 7.50. The molecule has 1 amide bonds. The number of aromatic nitrogens is 1. The van der Waals surface area contributed by atoms with Gasteiger partial charge >= 0.3 is 6.18 Å². The fraction of sp³-hybridized carbons (Fsp3) is 0.500. The van der Waals surface area contributed by atoms with Crippen LogP contribution in [0.1, 0.15) is 47.5 Å². The van der Waals surface area contributed by atoms with E-state index in [0.717, 1.165) is 44.6 Å². The van der Waals surface area contributed by atoms with Gasteiger partial charge in [0, 0.05) is 26.7 Å². The first-order chi connectivity index (χ1) is 17.0. The molecule has 2 fully saturated rings. The number of piperidine rings is 1. The number of anilines is 1. The molecule has 1 atom stereocenters. The summed E-state index contributed by atoms with van der Waals surface area (Å²) < 4.78 is 46.7. The Balaban J connectivity index is 1.33. The van der Waals surface area contributed by atoms with E-state index in [4.69, 9.17) is 16.3 Å². The summed E-state index contributed by atoms with van der Waals surface area (Å²) in [6.07, 6.45) is -0.394. The highest BCUT2D eigenvalue weighted by Gasteiger charge is 2.49. The molecule has 2 heterocycles. The van der Waals surface area contributed by atoms with Crippen molar-refractivity contribution in [2.24, 2.45) is 11.3 Å². The van der Waals surface area contributed by atoms with Crippen molar-refractivity contribution in [1.82, 2.24) is 9.88 Å². The van der Waals surface area contributed by atoms with Crippen molar-refractivity contribution in [3.8, 4) is 5.75 Å². The van der Waals surface area contributed by atoms with E-state index < -0.39 is 18.0 Å². The Labute approximate surface area is 213 Å². The molecule has 4 rings (SSSR count). The number of ether oxygens (including phenoxy) is 1. The number of methoxy groups -OCH3 is 1. The van der Waals surface area contributed by atoms with Crippen molar-refractivity contribution in [2.45, 2.75) is 37.8 Å². The number of amides is 1. The second-order valence-electron chi connectivity index (χ2n) is 9.90. The van der Waals surface area contributed by atoms with Gasteiger partial charge in [-0.2, -0.15) is 13.2 Å². The van der Waals surface area contributed by atoms with Gasteiger partial charge in [-0.1, -0.05) is 23.7 Å². The molecule has 1 aromatic heterocycles. The fourth-order valence-electron chi connectivity index (χ4n) is 5.60. The number of pyridine rings is 1. The molecule has 2 aromatic rings. The van der Waals surface area contributed by atoms with Gasteiger partial charge in [0.25, 0.3) is 0 Å². The molecular formula is C26H29ClF3N3O3. The van der Waals surface area contributed by atoms with Gasteiger partial charge in [-0.3, -0.25) is 9.59 Å². The zero-order chi connectivity index (χ0) is 26.1. The van der Waals surface area contributed by atoms with Crippen molar-refractivity contribution in [3.63, 3.8) is 0 Å². The molecule has 0 bridgehead atoms. The van der Waals surface area contributed by atoms with Crippen molar-refractivity contribution in [3.05, 3.63) is 52.7 Å². The Morgan fingerprint density at radius 1 is 1.28 bits per heavy atom. The second-order valence-corrected chi connectivity index (χ2v) is 10.3. The van der Waals surface area contributed by atoms with Crippen LogP contribution < -0.4 is 9.64 Å². The number of likely N-dealkylation sites (N-methyl/N-ethyl adjacent to an activating group) is 1. The summed E-state index contributed by atoms with van der Waals surface area (Å²) in [6.45, 7) is 1.87. The van der Waals surface area contributed by atoms with Gasteiger partial charge in [0.1, 0.15) is 16.7 Å². The minimum Gasteiger partial charge on any atom is -0.497 e. The van der Waals surface area contributed by atoms with E-state index in [1.54, 1.807) is 18.2 Å². The third kappa shape index (κ3) is 5.45. The molecular weight excluding hydrogens is 495 g/mol. The average Bonchev–Trinajstić information content (AvgIpc) is 2.82. The van der Waals surface area contributed by atoms with Crippen LogP contribution in [-0.2, 0) is 4.79 Å². The SMILES string of the molecule is COc1cccc(C(C(=O)N(C)CC2CC3(CCN(c4ccc(C=O)c(Cl)n4)CC3)C2)C(F)(F)F)c1. The van der Waals surface area contributed by atoms with E-state index in [2.05, 4.69) is 9.88 Å². The molecule has 1 saturated carbocycles. The summed E-state index contributed by atoms with van der Waals surface area (Å²) in [5.74, 6) is -1.99. The first kappa shape index (κ1) is 26.3. The highest BCUT2D eigenvalue weighted by molar-refractivity contribution is 6.31. The van der Waals surface area contributed by atoms with E-state index in [1.807, 2.05) is 0 Å². The summed E-state index contributed by atoms with van der Waals surface area (Å²) in [5.41, 5.74) is 0.382.